The molecule has 2 amide bonds. The van der Waals surface area contributed by atoms with Gasteiger partial charge in [-0.25, -0.2) is 4.98 Å². The Bertz CT molecular complexity index is 1180. The molecule has 0 radical (unpaired) electrons. The van der Waals surface area contributed by atoms with Crippen LogP contribution in [0.2, 0.25) is 0 Å². The molecule has 0 bridgehead atoms. The van der Waals surface area contributed by atoms with Crippen LogP contribution in [0, 0.1) is 0 Å². The standard InChI is InChI=1S/C22H14N2O2/c25-21-17-9-2-3-10-18(17)22(26)24(21)13-16-8-5-7-15-12-14-6-1-4-11-19(14)23-20(15)16/h1-12H,13H2. The van der Waals surface area contributed by atoms with Crippen molar-refractivity contribution in [2.75, 3.05) is 0 Å². The van der Waals surface area contributed by atoms with Gasteiger partial charge in [0.2, 0.25) is 0 Å². The van der Waals surface area contributed by atoms with Crippen LogP contribution in [0.1, 0.15) is 26.3 Å². The van der Waals surface area contributed by atoms with Gasteiger partial charge >= 0.3 is 0 Å². The van der Waals surface area contributed by atoms with Crippen LogP contribution in [0.4, 0.5) is 0 Å². The lowest BCUT2D eigenvalue weighted by atomic mass is 10.1. The predicted molar refractivity (Wildman–Crippen MR) is 99.9 cm³/mol. The first-order valence-electron chi connectivity index (χ1n) is 8.45. The Labute approximate surface area is 149 Å². The van der Waals surface area contributed by atoms with Crippen LogP contribution in [0.5, 0.6) is 0 Å². The molecular formula is C22H14N2O2. The van der Waals surface area contributed by atoms with Crippen molar-refractivity contribution < 1.29 is 9.59 Å². The first kappa shape index (κ1) is 14.8. The summed E-state index contributed by atoms with van der Waals surface area (Å²) >= 11 is 0. The maximum Gasteiger partial charge on any atom is 0.261 e. The SMILES string of the molecule is O=C1c2ccccc2C(=O)N1Cc1cccc2cc3ccccc3nc12. The van der Waals surface area contributed by atoms with Gasteiger partial charge in [0.25, 0.3) is 11.8 Å². The lowest BCUT2D eigenvalue weighted by Gasteiger charge is -2.15. The molecule has 0 spiro atoms. The van der Waals surface area contributed by atoms with E-state index in [9.17, 15) is 9.59 Å². The summed E-state index contributed by atoms with van der Waals surface area (Å²) in [5.41, 5.74) is 3.52. The van der Waals surface area contributed by atoms with Crippen LogP contribution in [0.15, 0.2) is 72.8 Å². The van der Waals surface area contributed by atoms with Gasteiger partial charge in [-0.2, -0.15) is 0 Å². The lowest BCUT2D eigenvalue weighted by Crippen LogP contribution is -2.29. The molecule has 1 aliphatic rings. The number of rotatable bonds is 2. The largest absolute Gasteiger partial charge is 0.270 e. The van der Waals surface area contributed by atoms with E-state index in [1.54, 1.807) is 24.3 Å². The summed E-state index contributed by atoms with van der Waals surface area (Å²) < 4.78 is 0. The molecule has 0 saturated carbocycles. The second kappa shape index (κ2) is 5.49. The van der Waals surface area contributed by atoms with E-state index in [1.165, 1.54) is 4.90 Å². The zero-order chi connectivity index (χ0) is 17.7. The second-order valence-corrected chi connectivity index (χ2v) is 6.41. The van der Waals surface area contributed by atoms with E-state index in [0.29, 0.717) is 11.1 Å². The topological polar surface area (TPSA) is 50.3 Å². The van der Waals surface area contributed by atoms with Crippen molar-refractivity contribution in [1.29, 1.82) is 0 Å². The van der Waals surface area contributed by atoms with Crippen molar-refractivity contribution in [3.05, 3.63) is 89.5 Å². The summed E-state index contributed by atoms with van der Waals surface area (Å²) in [5.74, 6) is -0.494. The minimum atomic E-state index is -0.247. The first-order valence-corrected chi connectivity index (χ1v) is 8.45. The molecule has 3 aromatic carbocycles. The number of benzene rings is 3. The van der Waals surface area contributed by atoms with Gasteiger partial charge in [-0.05, 0) is 29.8 Å². The number of hydrogen-bond donors (Lipinski definition) is 0. The van der Waals surface area contributed by atoms with Crippen molar-refractivity contribution in [3.63, 3.8) is 0 Å². The molecule has 0 saturated heterocycles. The Morgan fingerprint density at radius 2 is 1.38 bits per heavy atom. The molecule has 1 aromatic heterocycles. The summed E-state index contributed by atoms with van der Waals surface area (Å²) in [7, 11) is 0. The number of fused-ring (bicyclic) bond motifs is 3. The van der Waals surface area contributed by atoms with Crippen LogP contribution < -0.4 is 0 Å². The van der Waals surface area contributed by atoms with E-state index in [0.717, 1.165) is 27.4 Å². The van der Waals surface area contributed by atoms with Crippen molar-refractivity contribution >= 4 is 33.6 Å². The fraction of sp³-hybridized carbons (Fsp3) is 0.0455. The Morgan fingerprint density at radius 3 is 2.15 bits per heavy atom. The monoisotopic (exact) mass is 338 g/mol. The van der Waals surface area contributed by atoms with E-state index in [1.807, 2.05) is 42.5 Å². The zero-order valence-corrected chi connectivity index (χ0v) is 13.8. The summed E-state index contributed by atoms with van der Waals surface area (Å²) in [4.78, 5) is 31.4. The molecule has 124 valence electrons. The van der Waals surface area contributed by atoms with Gasteiger partial charge in [-0.1, -0.05) is 48.5 Å². The maximum absolute atomic E-state index is 12.6. The van der Waals surface area contributed by atoms with Crippen LogP contribution in [-0.4, -0.2) is 21.7 Å². The Morgan fingerprint density at radius 1 is 0.731 bits per heavy atom. The minimum absolute atomic E-state index is 0.217. The number of carbonyl (C=O) groups is 2. The molecule has 0 N–H and O–H groups in total. The van der Waals surface area contributed by atoms with Gasteiger partial charge in [-0.15, -0.1) is 0 Å². The highest BCUT2D eigenvalue weighted by Crippen LogP contribution is 2.27. The number of para-hydroxylation sites is 2. The average Bonchev–Trinajstić information content (AvgIpc) is 2.92. The van der Waals surface area contributed by atoms with Gasteiger partial charge in [0, 0.05) is 10.8 Å². The third-order valence-electron chi connectivity index (χ3n) is 4.84. The highest BCUT2D eigenvalue weighted by atomic mass is 16.2. The van der Waals surface area contributed by atoms with Crippen molar-refractivity contribution in [1.82, 2.24) is 9.88 Å². The zero-order valence-electron chi connectivity index (χ0n) is 13.8. The molecule has 5 rings (SSSR count). The Hall–Kier alpha value is -3.53. The molecule has 4 heteroatoms. The molecule has 26 heavy (non-hydrogen) atoms. The predicted octanol–water partition coefficient (Wildman–Crippen LogP) is 4.18. The summed E-state index contributed by atoms with van der Waals surface area (Å²) in [5, 5.41) is 2.07. The number of aromatic nitrogens is 1. The fourth-order valence-corrected chi connectivity index (χ4v) is 3.54. The van der Waals surface area contributed by atoms with Crippen molar-refractivity contribution in [2.45, 2.75) is 6.54 Å². The number of carbonyl (C=O) groups excluding carboxylic acids is 2. The smallest absolute Gasteiger partial charge is 0.261 e. The molecule has 0 fully saturated rings. The number of hydrogen-bond acceptors (Lipinski definition) is 3. The number of pyridine rings is 1. The van der Waals surface area contributed by atoms with E-state index < -0.39 is 0 Å². The number of imide groups is 1. The third kappa shape index (κ3) is 2.12. The summed E-state index contributed by atoms with van der Waals surface area (Å²) in [6, 6.07) is 22.8. The second-order valence-electron chi connectivity index (χ2n) is 6.41. The number of amides is 2. The molecule has 0 aliphatic carbocycles. The van der Waals surface area contributed by atoms with E-state index in [4.69, 9.17) is 4.98 Å². The molecule has 2 heterocycles. The van der Waals surface area contributed by atoms with E-state index in [2.05, 4.69) is 6.07 Å². The highest BCUT2D eigenvalue weighted by molar-refractivity contribution is 6.21. The van der Waals surface area contributed by atoms with Crippen LogP contribution in [0.25, 0.3) is 21.8 Å². The molecule has 4 nitrogen and oxygen atoms in total. The van der Waals surface area contributed by atoms with Gasteiger partial charge in [-0.3, -0.25) is 14.5 Å². The number of nitrogens with zero attached hydrogens (tertiary/aromatic N) is 2. The van der Waals surface area contributed by atoms with Crippen molar-refractivity contribution in [2.24, 2.45) is 0 Å². The molecular weight excluding hydrogens is 324 g/mol. The van der Waals surface area contributed by atoms with Gasteiger partial charge < -0.3 is 0 Å². The fourth-order valence-electron chi connectivity index (χ4n) is 3.54. The Kier molecular flexibility index (Phi) is 3.12. The minimum Gasteiger partial charge on any atom is -0.270 e. The van der Waals surface area contributed by atoms with Crippen LogP contribution in [-0.2, 0) is 6.54 Å². The Balaban J connectivity index is 1.61. The summed E-state index contributed by atoms with van der Waals surface area (Å²) in [6.45, 7) is 0.217. The van der Waals surface area contributed by atoms with Crippen LogP contribution >= 0.6 is 0 Å². The third-order valence-corrected chi connectivity index (χ3v) is 4.84. The normalized spacial score (nSPS) is 13.6. The van der Waals surface area contributed by atoms with E-state index >= 15 is 0 Å². The van der Waals surface area contributed by atoms with Crippen LogP contribution in [0.3, 0.4) is 0 Å². The quantitative estimate of drug-likeness (QED) is 0.407. The highest BCUT2D eigenvalue weighted by Gasteiger charge is 2.35. The van der Waals surface area contributed by atoms with E-state index in [-0.39, 0.29) is 18.4 Å². The molecule has 4 aromatic rings. The van der Waals surface area contributed by atoms with Gasteiger partial charge in [0.05, 0.1) is 28.7 Å². The van der Waals surface area contributed by atoms with Gasteiger partial charge in [0.1, 0.15) is 0 Å². The molecule has 0 atom stereocenters. The van der Waals surface area contributed by atoms with Crippen molar-refractivity contribution in [3.8, 4) is 0 Å². The van der Waals surface area contributed by atoms with Gasteiger partial charge in [0.15, 0.2) is 0 Å². The summed E-state index contributed by atoms with van der Waals surface area (Å²) in [6.07, 6.45) is 0. The first-order chi connectivity index (χ1) is 12.7. The average molecular weight is 338 g/mol. The molecule has 0 unspecified atom stereocenters. The maximum atomic E-state index is 12.6. The molecule has 1 aliphatic heterocycles. The lowest BCUT2D eigenvalue weighted by molar-refractivity contribution is 0.0643.